The third-order valence-electron chi connectivity index (χ3n) is 3.25. The number of aromatic nitrogens is 1. The van der Waals surface area contributed by atoms with E-state index >= 15 is 0 Å². The number of rotatable bonds is 16. The molecule has 5 nitrogen and oxygen atoms in total. The Morgan fingerprint density at radius 1 is 0.708 bits per heavy atom. The highest BCUT2D eigenvalue weighted by atomic mass is 16.5. The van der Waals surface area contributed by atoms with Crippen molar-refractivity contribution in [2.45, 2.75) is 38.5 Å². The van der Waals surface area contributed by atoms with Crippen LogP contribution in [0.4, 0.5) is 0 Å². The topological polar surface area (TPSA) is 49.8 Å². The van der Waals surface area contributed by atoms with E-state index in [1.165, 1.54) is 12.5 Å². The number of nitrogens with zero attached hydrogens (tertiary/aromatic N) is 1. The molecule has 0 aromatic carbocycles. The van der Waals surface area contributed by atoms with Crippen LogP contribution in [0.25, 0.3) is 0 Å². The maximum Gasteiger partial charge on any atom is 0.216 e. The first-order valence-electron chi connectivity index (χ1n) is 8.54. The van der Waals surface area contributed by atoms with Crippen LogP contribution in [-0.4, -0.2) is 31.4 Å². The molecule has 24 heavy (non-hydrogen) atoms. The summed E-state index contributed by atoms with van der Waals surface area (Å²) >= 11 is 0. The molecule has 0 aliphatic heterocycles. The largest absolute Gasteiger partial charge is 0.502 e. The smallest absolute Gasteiger partial charge is 0.216 e. The fraction of sp³-hybridized carbons (Fsp3) is 0.526. The van der Waals surface area contributed by atoms with Gasteiger partial charge in [-0.1, -0.05) is 19.2 Å². The lowest BCUT2D eigenvalue weighted by molar-refractivity contribution is 0.230. The van der Waals surface area contributed by atoms with Crippen LogP contribution in [0.2, 0.25) is 0 Å². The van der Waals surface area contributed by atoms with Crippen molar-refractivity contribution in [1.82, 2.24) is 4.98 Å². The number of ether oxygens (including phenoxy) is 4. The van der Waals surface area contributed by atoms with Gasteiger partial charge in [-0.25, -0.2) is 0 Å². The van der Waals surface area contributed by atoms with Crippen LogP contribution < -0.4 is 9.47 Å². The summed E-state index contributed by atoms with van der Waals surface area (Å²) in [5.74, 6) is 1.21. The summed E-state index contributed by atoms with van der Waals surface area (Å²) in [5, 5.41) is 0. The Balaban J connectivity index is 2.10. The van der Waals surface area contributed by atoms with Gasteiger partial charge in [0.2, 0.25) is 11.8 Å². The molecule has 0 saturated heterocycles. The normalized spacial score (nSPS) is 10.0. The van der Waals surface area contributed by atoms with Gasteiger partial charge in [0, 0.05) is 12.1 Å². The van der Waals surface area contributed by atoms with E-state index < -0.39 is 0 Å². The van der Waals surface area contributed by atoms with E-state index in [0.717, 1.165) is 38.5 Å². The highest BCUT2D eigenvalue weighted by molar-refractivity contribution is 5.19. The Bertz CT molecular complexity index is 413. The molecule has 0 fully saturated rings. The summed E-state index contributed by atoms with van der Waals surface area (Å²) in [4.78, 5) is 4.35. The van der Waals surface area contributed by atoms with Crippen molar-refractivity contribution in [2.75, 3.05) is 26.4 Å². The van der Waals surface area contributed by atoms with Crippen molar-refractivity contribution in [3.63, 3.8) is 0 Å². The van der Waals surface area contributed by atoms with Crippen molar-refractivity contribution in [2.24, 2.45) is 0 Å². The minimum atomic E-state index is 0.606. The maximum absolute atomic E-state index is 5.65. The van der Waals surface area contributed by atoms with E-state index in [0.29, 0.717) is 38.2 Å². The molecule has 5 heteroatoms. The van der Waals surface area contributed by atoms with Crippen molar-refractivity contribution in [3.8, 4) is 11.8 Å². The van der Waals surface area contributed by atoms with Crippen LogP contribution in [0.5, 0.6) is 11.8 Å². The van der Waals surface area contributed by atoms with Gasteiger partial charge in [0.05, 0.1) is 39.0 Å². The minimum Gasteiger partial charge on any atom is -0.502 e. The monoisotopic (exact) mass is 335 g/mol. The van der Waals surface area contributed by atoms with Crippen LogP contribution in [0.3, 0.4) is 0 Å². The predicted molar refractivity (Wildman–Crippen MR) is 95.2 cm³/mol. The Morgan fingerprint density at radius 3 is 1.62 bits per heavy atom. The summed E-state index contributed by atoms with van der Waals surface area (Å²) in [7, 11) is 0. The summed E-state index contributed by atoms with van der Waals surface area (Å²) in [6.45, 7) is 9.74. The van der Waals surface area contributed by atoms with Gasteiger partial charge in [-0.2, -0.15) is 4.98 Å². The molecule has 0 atom stereocenters. The average Bonchev–Trinajstić information content (AvgIpc) is 2.60. The molecule has 1 rings (SSSR count). The Hall–Kier alpha value is -2.17. The molecule has 0 amide bonds. The molecule has 0 spiro atoms. The molecule has 0 unspecified atom stereocenters. The molecule has 1 aromatic rings. The predicted octanol–water partition coefficient (Wildman–Crippen LogP) is 4.50. The molecule has 134 valence electrons. The van der Waals surface area contributed by atoms with Crippen LogP contribution in [0.15, 0.2) is 43.9 Å². The van der Waals surface area contributed by atoms with Crippen molar-refractivity contribution >= 4 is 0 Å². The lowest BCUT2D eigenvalue weighted by Gasteiger charge is -2.08. The van der Waals surface area contributed by atoms with Gasteiger partial charge in [-0.3, -0.25) is 0 Å². The van der Waals surface area contributed by atoms with Crippen molar-refractivity contribution < 1.29 is 18.9 Å². The number of hydrogen-bond donors (Lipinski definition) is 0. The number of pyridine rings is 1. The standard InChI is InChI=1S/C19H29NO4/c1-3-21-14-7-5-9-16-23-18-12-11-13-19(20-18)24-17-10-6-8-15-22-4-2/h3-4,11-13H,1-2,5-10,14-17H2. The first kappa shape index (κ1) is 19.9. The van der Waals surface area contributed by atoms with E-state index in [1.807, 2.05) is 18.2 Å². The highest BCUT2D eigenvalue weighted by Crippen LogP contribution is 2.14. The molecule has 0 N–H and O–H groups in total. The van der Waals surface area contributed by atoms with Gasteiger partial charge in [0.25, 0.3) is 0 Å². The second kappa shape index (κ2) is 14.4. The third kappa shape index (κ3) is 10.5. The molecule has 0 radical (unpaired) electrons. The lowest BCUT2D eigenvalue weighted by Crippen LogP contribution is -2.03. The zero-order valence-corrected chi connectivity index (χ0v) is 14.5. The molecular weight excluding hydrogens is 306 g/mol. The van der Waals surface area contributed by atoms with E-state index in [4.69, 9.17) is 18.9 Å². The summed E-state index contributed by atoms with van der Waals surface area (Å²) in [5.41, 5.74) is 0. The van der Waals surface area contributed by atoms with Gasteiger partial charge in [-0.15, -0.1) is 0 Å². The maximum atomic E-state index is 5.65. The van der Waals surface area contributed by atoms with Gasteiger partial charge < -0.3 is 18.9 Å². The summed E-state index contributed by atoms with van der Waals surface area (Å²) in [6, 6.07) is 5.59. The molecule has 0 bridgehead atoms. The Labute approximate surface area is 145 Å². The molecule has 1 aromatic heterocycles. The Morgan fingerprint density at radius 2 is 1.17 bits per heavy atom. The highest BCUT2D eigenvalue weighted by Gasteiger charge is 2.00. The lowest BCUT2D eigenvalue weighted by atomic mass is 10.2. The van der Waals surface area contributed by atoms with Crippen LogP contribution in [-0.2, 0) is 9.47 Å². The number of unbranched alkanes of at least 4 members (excludes halogenated alkanes) is 4. The zero-order chi connectivity index (χ0) is 17.3. The van der Waals surface area contributed by atoms with Crippen LogP contribution >= 0.6 is 0 Å². The molecule has 0 aliphatic rings. The Kier molecular flexibility index (Phi) is 11.9. The van der Waals surface area contributed by atoms with E-state index in [1.54, 1.807) is 0 Å². The van der Waals surface area contributed by atoms with Gasteiger partial charge in [0.1, 0.15) is 0 Å². The zero-order valence-electron chi connectivity index (χ0n) is 14.5. The van der Waals surface area contributed by atoms with Crippen molar-refractivity contribution in [3.05, 3.63) is 43.9 Å². The SMILES string of the molecule is C=COCCCCCOc1cccc(OCCCCCOC=C)n1. The molecule has 1 heterocycles. The van der Waals surface area contributed by atoms with Crippen molar-refractivity contribution in [1.29, 1.82) is 0 Å². The van der Waals surface area contributed by atoms with Gasteiger partial charge in [0.15, 0.2) is 0 Å². The minimum absolute atomic E-state index is 0.606. The second-order valence-electron chi connectivity index (χ2n) is 5.21. The molecule has 0 aliphatic carbocycles. The first-order valence-corrected chi connectivity index (χ1v) is 8.54. The summed E-state index contributed by atoms with van der Waals surface area (Å²) < 4.78 is 21.4. The fourth-order valence-electron chi connectivity index (χ4n) is 2.01. The van der Waals surface area contributed by atoms with Gasteiger partial charge in [-0.05, 0) is 38.5 Å². The molecular formula is C19H29NO4. The quantitative estimate of drug-likeness (QED) is 0.329. The van der Waals surface area contributed by atoms with E-state index in [-0.39, 0.29) is 0 Å². The van der Waals surface area contributed by atoms with Crippen LogP contribution in [0, 0.1) is 0 Å². The average molecular weight is 335 g/mol. The fourth-order valence-corrected chi connectivity index (χ4v) is 2.01. The molecule has 0 saturated carbocycles. The van der Waals surface area contributed by atoms with Gasteiger partial charge >= 0.3 is 0 Å². The van der Waals surface area contributed by atoms with Crippen LogP contribution in [0.1, 0.15) is 38.5 Å². The second-order valence-corrected chi connectivity index (χ2v) is 5.21. The first-order chi connectivity index (χ1) is 11.9. The summed E-state index contributed by atoms with van der Waals surface area (Å²) in [6.07, 6.45) is 9.01. The number of hydrogen-bond acceptors (Lipinski definition) is 5. The van der Waals surface area contributed by atoms with E-state index in [2.05, 4.69) is 18.1 Å². The third-order valence-corrected chi connectivity index (χ3v) is 3.25. The van der Waals surface area contributed by atoms with E-state index in [9.17, 15) is 0 Å².